The molecule has 11 heteroatoms. The molecule has 0 bridgehead atoms. The van der Waals surface area contributed by atoms with Gasteiger partial charge in [-0.2, -0.15) is 33.3 Å². The largest absolute Gasteiger partial charge is 0.409 e. The third-order valence-corrected chi connectivity index (χ3v) is 3.81. The van der Waals surface area contributed by atoms with Crippen molar-refractivity contribution in [3.63, 3.8) is 0 Å². The molecular formula is C18H32O8S2Zr. The minimum absolute atomic E-state index is 0. The Labute approximate surface area is 200 Å². The van der Waals surface area contributed by atoms with Gasteiger partial charge in [0, 0.05) is 26.2 Å². The van der Waals surface area contributed by atoms with Crippen LogP contribution in [0.4, 0.5) is 0 Å². The Hall–Kier alpha value is -0.217. The molecule has 0 saturated carbocycles. The van der Waals surface area contributed by atoms with E-state index in [0.29, 0.717) is 0 Å². The molecule has 0 aliphatic heterocycles. The Morgan fingerprint density at radius 2 is 0.931 bits per heavy atom. The first-order chi connectivity index (χ1) is 12.7. The Morgan fingerprint density at radius 3 is 1.14 bits per heavy atom. The van der Waals surface area contributed by atoms with Crippen LogP contribution < -0.4 is 0 Å². The van der Waals surface area contributed by atoms with E-state index >= 15 is 0 Å². The molecule has 0 aromatic heterocycles. The van der Waals surface area contributed by atoms with Crippen LogP contribution in [0.5, 0.6) is 0 Å². The minimum Gasteiger partial charge on any atom is -0.289 e. The van der Waals surface area contributed by atoms with Gasteiger partial charge in [-0.15, -0.1) is 0 Å². The topological polar surface area (TPSA) is 105 Å². The van der Waals surface area contributed by atoms with Crippen molar-refractivity contribution in [3.05, 3.63) is 0 Å². The van der Waals surface area contributed by atoms with Crippen molar-refractivity contribution >= 4 is 47.0 Å². The molecule has 0 rings (SSSR count). The van der Waals surface area contributed by atoms with Gasteiger partial charge in [0.25, 0.3) is 11.6 Å². The van der Waals surface area contributed by atoms with E-state index in [2.05, 4.69) is 9.78 Å². The van der Waals surface area contributed by atoms with Crippen molar-refractivity contribution in [2.75, 3.05) is 23.0 Å². The van der Waals surface area contributed by atoms with Crippen molar-refractivity contribution in [2.45, 2.75) is 66.6 Å². The number of hydrogen-bond acceptors (Lipinski definition) is 10. The number of rotatable bonds is 10. The van der Waals surface area contributed by atoms with E-state index in [4.69, 9.17) is 9.78 Å². The fourth-order valence-corrected chi connectivity index (χ4v) is 1.94. The molecule has 0 N–H and O–H groups in total. The van der Waals surface area contributed by atoms with Gasteiger partial charge in [0.2, 0.25) is 0 Å². The number of ketones is 2. The molecule has 0 saturated heterocycles. The van der Waals surface area contributed by atoms with E-state index in [1.54, 1.807) is 41.5 Å². The van der Waals surface area contributed by atoms with Gasteiger partial charge in [0.1, 0.15) is 11.2 Å². The molecule has 0 unspecified atom stereocenters. The molecule has 0 heterocycles. The summed E-state index contributed by atoms with van der Waals surface area (Å²) in [6, 6.07) is 0. The summed E-state index contributed by atoms with van der Waals surface area (Å²) >= 11 is 2.74. The van der Waals surface area contributed by atoms with E-state index in [0.717, 1.165) is 11.5 Å². The smallest absolute Gasteiger partial charge is 0.289 e. The molecule has 0 aromatic carbocycles. The fourth-order valence-electron chi connectivity index (χ4n) is 0.926. The molecule has 29 heavy (non-hydrogen) atoms. The van der Waals surface area contributed by atoms with Crippen LogP contribution in [0, 0.1) is 0 Å². The SMILES string of the molecule is CCSCC(=O)C(=O)OOC(C)(C)C.CCSCC(=O)C(=O)OOC(C)(C)C.[Zr]. The summed E-state index contributed by atoms with van der Waals surface area (Å²) in [7, 11) is 0. The van der Waals surface area contributed by atoms with Gasteiger partial charge in [-0.05, 0) is 53.0 Å². The van der Waals surface area contributed by atoms with Crippen molar-refractivity contribution in [3.8, 4) is 0 Å². The molecule has 0 spiro atoms. The van der Waals surface area contributed by atoms with E-state index in [9.17, 15) is 19.2 Å². The number of Topliss-reactive ketones (excluding diaryl/α,β-unsaturated/α-hetero) is 2. The molecule has 168 valence electrons. The van der Waals surface area contributed by atoms with E-state index < -0.39 is 34.7 Å². The summed E-state index contributed by atoms with van der Waals surface area (Å²) in [4.78, 5) is 62.2. The summed E-state index contributed by atoms with van der Waals surface area (Å²) in [6.07, 6.45) is 0. The summed E-state index contributed by atoms with van der Waals surface area (Å²) < 4.78 is 0. The normalized spacial score (nSPS) is 10.8. The number of carbonyl (C=O) groups excluding carboxylic acids is 4. The van der Waals surface area contributed by atoms with Crippen molar-refractivity contribution < 1.29 is 64.9 Å². The fraction of sp³-hybridized carbons (Fsp3) is 0.778. The van der Waals surface area contributed by atoms with Crippen LogP contribution in [0.3, 0.4) is 0 Å². The first-order valence-electron chi connectivity index (χ1n) is 8.74. The van der Waals surface area contributed by atoms with Crippen molar-refractivity contribution in [1.82, 2.24) is 0 Å². The van der Waals surface area contributed by atoms with E-state index in [1.165, 1.54) is 23.5 Å². The number of thioether (sulfide) groups is 2. The molecule has 8 nitrogen and oxygen atoms in total. The molecule has 0 radical (unpaired) electrons. The molecule has 0 aromatic rings. The Bertz CT molecular complexity index is 467. The minimum atomic E-state index is -0.930. The monoisotopic (exact) mass is 530 g/mol. The third-order valence-electron chi connectivity index (χ3n) is 2.06. The standard InChI is InChI=1S/2C9H16O4S.Zr/c2*1-5-14-6-7(10)8(11)12-13-9(2,3)4;/h2*5-6H2,1-4H3;. The zero-order chi connectivity index (χ0) is 22.4. The van der Waals surface area contributed by atoms with Gasteiger partial charge in [-0.1, -0.05) is 13.8 Å². The van der Waals surface area contributed by atoms with Crippen LogP contribution in [-0.2, 0) is 64.9 Å². The van der Waals surface area contributed by atoms with Gasteiger partial charge < -0.3 is 0 Å². The predicted molar refractivity (Wildman–Crippen MR) is 110 cm³/mol. The second-order valence-corrected chi connectivity index (χ2v) is 9.80. The first kappa shape index (κ1) is 33.4. The van der Waals surface area contributed by atoms with Gasteiger partial charge in [-0.25, -0.2) is 9.59 Å². The average molecular weight is 532 g/mol. The predicted octanol–water partition coefficient (Wildman–Crippen LogP) is 3.16. The summed E-state index contributed by atoms with van der Waals surface area (Å²) in [5.74, 6) is -1.13. The molecule has 0 atom stereocenters. The third kappa shape index (κ3) is 23.9. The van der Waals surface area contributed by atoms with Gasteiger partial charge in [0.15, 0.2) is 0 Å². The molecule has 0 aliphatic rings. The molecule has 0 aliphatic carbocycles. The van der Waals surface area contributed by atoms with Crippen LogP contribution in [0.2, 0.25) is 0 Å². The number of hydrogen-bond donors (Lipinski definition) is 0. The van der Waals surface area contributed by atoms with E-state index in [1.807, 2.05) is 13.8 Å². The first-order valence-corrected chi connectivity index (χ1v) is 11.1. The summed E-state index contributed by atoms with van der Waals surface area (Å²) in [5, 5.41) is 0. The van der Waals surface area contributed by atoms with Crippen LogP contribution in [0.25, 0.3) is 0 Å². The number of carbonyl (C=O) groups is 4. The molecular weight excluding hydrogens is 500 g/mol. The maximum Gasteiger partial charge on any atom is 0.409 e. The van der Waals surface area contributed by atoms with Crippen molar-refractivity contribution in [2.24, 2.45) is 0 Å². The van der Waals surface area contributed by atoms with Crippen LogP contribution in [0.1, 0.15) is 55.4 Å². The van der Waals surface area contributed by atoms with Gasteiger partial charge >= 0.3 is 11.9 Å². The van der Waals surface area contributed by atoms with E-state index in [-0.39, 0.29) is 37.7 Å². The van der Waals surface area contributed by atoms with Crippen LogP contribution in [-0.4, -0.2) is 57.7 Å². The summed E-state index contributed by atoms with van der Waals surface area (Å²) in [5.41, 5.74) is -1.18. The van der Waals surface area contributed by atoms with Gasteiger partial charge in [0.05, 0.1) is 11.5 Å². The second-order valence-electron chi connectivity index (χ2n) is 7.25. The van der Waals surface area contributed by atoms with Crippen LogP contribution >= 0.6 is 23.5 Å². The maximum absolute atomic E-state index is 11.0. The maximum atomic E-state index is 11.0. The summed E-state index contributed by atoms with van der Waals surface area (Å²) in [6.45, 7) is 14.2. The quantitative estimate of drug-likeness (QED) is 0.237. The zero-order valence-corrected chi connectivity index (χ0v) is 22.5. The van der Waals surface area contributed by atoms with Gasteiger partial charge in [-0.3, -0.25) is 19.4 Å². The van der Waals surface area contributed by atoms with Crippen LogP contribution in [0.15, 0.2) is 0 Å². The average Bonchev–Trinajstić information content (AvgIpc) is 2.59. The Balaban J connectivity index is -0.000000451. The zero-order valence-electron chi connectivity index (χ0n) is 18.4. The Kier molecular flexibility index (Phi) is 20.1. The second kappa shape index (κ2) is 17.5. The van der Waals surface area contributed by atoms with Crippen molar-refractivity contribution in [1.29, 1.82) is 0 Å². The molecule has 0 fully saturated rings. The Morgan fingerprint density at radius 1 is 0.655 bits per heavy atom. The molecule has 0 amide bonds.